The summed E-state index contributed by atoms with van der Waals surface area (Å²) in [6, 6.07) is 17.9. The molecule has 1 aliphatic rings. The quantitative estimate of drug-likeness (QED) is 0.756. The molecule has 0 aliphatic carbocycles. The molecule has 1 saturated heterocycles. The van der Waals surface area contributed by atoms with Gasteiger partial charge < -0.3 is 5.11 Å². The molecule has 3 rings (SSSR count). The Morgan fingerprint density at radius 2 is 1.53 bits per heavy atom. The lowest BCUT2D eigenvalue weighted by Crippen LogP contribution is -2.38. The summed E-state index contributed by atoms with van der Waals surface area (Å²) in [4.78, 5) is 12.1. The van der Waals surface area contributed by atoms with Crippen LogP contribution in [0.5, 0.6) is 0 Å². The van der Waals surface area contributed by atoms with Crippen LogP contribution < -0.4 is 10.9 Å². The molecule has 2 unspecified atom stereocenters. The molecule has 19 heavy (non-hydrogen) atoms. The molecule has 4 heteroatoms. The minimum absolute atomic E-state index is 0.437. The van der Waals surface area contributed by atoms with Gasteiger partial charge in [0, 0.05) is 0 Å². The van der Waals surface area contributed by atoms with Crippen LogP contribution in [0.2, 0.25) is 0 Å². The van der Waals surface area contributed by atoms with E-state index in [1.54, 1.807) is 24.3 Å². The van der Waals surface area contributed by atoms with Crippen molar-refractivity contribution in [1.82, 2.24) is 10.9 Å². The van der Waals surface area contributed by atoms with Gasteiger partial charge in [0.15, 0.2) is 5.60 Å². The number of benzene rings is 2. The maximum Gasteiger partial charge on any atom is 0.272 e. The second-order valence-corrected chi connectivity index (χ2v) is 4.57. The topological polar surface area (TPSA) is 61.4 Å². The number of hydrazine groups is 1. The average Bonchev–Trinajstić information content (AvgIpc) is 2.78. The van der Waals surface area contributed by atoms with Crippen molar-refractivity contribution in [3.63, 3.8) is 0 Å². The van der Waals surface area contributed by atoms with Crippen molar-refractivity contribution in [1.29, 1.82) is 0 Å². The van der Waals surface area contributed by atoms with E-state index < -0.39 is 17.6 Å². The predicted octanol–water partition coefficient (Wildman–Crippen LogP) is 1.25. The van der Waals surface area contributed by atoms with Crippen LogP contribution >= 0.6 is 0 Å². The molecular formula is C15H14N2O2. The number of carbonyl (C=O) groups excluding carboxylic acids is 1. The number of hydrogen-bond acceptors (Lipinski definition) is 3. The van der Waals surface area contributed by atoms with E-state index in [1.807, 2.05) is 36.4 Å². The Kier molecular flexibility index (Phi) is 2.81. The van der Waals surface area contributed by atoms with Crippen molar-refractivity contribution in [2.24, 2.45) is 0 Å². The Labute approximate surface area is 111 Å². The first-order chi connectivity index (χ1) is 9.23. The molecule has 0 saturated carbocycles. The zero-order valence-corrected chi connectivity index (χ0v) is 10.2. The Hall–Kier alpha value is -2.17. The lowest BCUT2D eigenvalue weighted by molar-refractivity contribution is -0.137. The maximum absolute atomic E-state index is 12.1. The normalized spacial score (nSPS) is 26.2. The van der Waals surface area contributed by atoms with Crippen molar-refractivity contribution >= 4 is 5.91 Å². The fraction of sp³-hybridized carbons (Fsp3) is 0.133. The highest BCUT2D eigenvalue weighted by Gasteiger charge is 2.51. The van der Waals surface area contributed by atoms with Crippen molar-refractivity contribution < 1.29 is 9.90 Å². The first-order valence-electron chi connectivity index (χ1n) is 6.12. The highest BCUT2D eigenvalue weighted by Crippen LogP contribution is 2.37. The van der Waals surface area contributed by atoms with Crippen LogP contribution in [0.15, 0.2) is 60.7 Å². The van der Waals surface area contributed by atoms with Gasteiger partial charge in [-0.1, -0.05) is 60.7 Å². The molecule has 0 aromatic heterocycles. The summed E-state index contributed by atoms with van der Waals surface area (Å²) in [6.45, 7) is 0. The Morgan fingerprint density at radius 1 is 0.947 bits per heavy atom. The van der Waals surface area contributed by atoms with E-state index >= 15 is 0 Å². The van der Waals surface area contributed by atoms with E-state index in [9.17, 15) is 9.90 Å². The predicted molar refractivity (Wildman–Crippen MR) is 70.8 cm³/mol. The number of amides is 1. The van der Waals surface area contributed by atoms with E-state index in [4.69, 9.17) is 0 Å². The average molecular weight is 254 g/mol. The third-order valence-electron chi connectivity index (χ3n) is 3.44. The summed E-state index contributed by atoms with van der Waals surface area (Å²) in [6.07, 6.45) is 0. The van der Waals surface area contributed by atoms with Crippen molar-refractivity contribution in [2.75, 3.05) is 0 Å². The first-order valence-corrected chi connectivity index (χ1v) is 6.12. The third kappa shape index (κ3) is 1.82. The molecule has 1 amide bonds. The molecule has 0 spiro atoms. The van der Waals surface area contributed by atoms with Gasteiger partial charge in [0.2, 0.25) is 0 Å². The number of hydrogen-bond donors (Lipinski definition) is 3. The summed E-state index contributed by atoms with van der Waals surface area (Å²) >= 11 is 0. The summed E-state index contributed by atoms with van der Waals surface area (Å²) < 4.78 is 0. The fourth-order valence-corrected chi connectivity index (χ4v) is 2.43. The number of nitrogens with one attached hydrogen (secondary N) is 2. The van der Waals surface area contributed by atoms with Gasteiger partial charge in [-0.25, -0.2) is 5.43 Å². The first kappa shape index (κ1) is 11.9. The van der Waals surface area contributed by atoms with Gasteiger partial charge >= 0.3 is 0 Å². The molecule has 4 nitrogen and oxygen atoms in total. The molecule has 0 bridgehead atoms. The van der Waals surface area contributed by atoms with Crippen molar-refractivity contribution in [2.45, 2.75) is 11.6 Å². The zero-order chi connectivity index (χ0) is 13.3. The van der Waals surface area contributed by atoms with Gasteiger partial charge in [0.05, 0.1) is 6.04 Å². The van der Waals surface area contributed by atoms with E-state index in [-0.39, 0.29) is 0 Å². The molecule has 2 aromatic rings. The molecule has 2 atom stereocenters. The smallest absolute Gasteiger partial charge is 0.272 e. The molecule has 1 heterocycles. The minimum Gasteiger partial charge on any atom is -0.374 e. The molecule has 1 fully saturated rings. The molecule has 96 valence electrons. The Bertz CT molecular complexity index is 586. The Morgan fingerprint density at radius 3 is 2.16 bits per heavy atom. The zero-order valence-electron chi connectivity index (χ0n) is 10.2. The van der Waals surface area contributed by atoms with Crippen LogP contribution in [0.3, 0.4) is 0 Å². The number of aliphatic hydroxyl groups is 1. The van der Waals surface area contributed by atoms with E-state index in [2.05, 4.69) is 10.9 Å². The largest absolute Gasteiger partial charge is 0.374 e. The van der Waals surface area contributed by atoms with E-state index in [1.165, 1.54) is 0 Å². The molecule has 3 N–H and O–H groups in total. The fourth-order valence-electron chi connectivity index (χ4n) is 2.43. The van der Waals surface area contributed by atoms with Gasteiger partial charge in [-0.2, -0.15) is 0 Å². The van der Waals surface area contributed by atoms with Gasteiger partial charge in [0.25, 0.3) is 5.91 Å². The monoisotopic (exact) mass is 254 g/mol. The lowest BCUT2D eigenvalue weighted by atomic mass is 9.83. The minimum atomic E-state index is -1.59. The van der Waals surface area contributed by atoms with Gasteiger partial charge in [-0.05, 0) is 11.1 Å². The number of carbonyl (C=O) groups is 1. The summed E-state index contributed by atoms with van der Waals surface area (Å²) in [5.74, 6) is -0.437. The standard InChI is InChI=1S/C15H14N2O2/c18-14-15(19,12-9-5-2-6-10-12)13(16-17-14)11-7-3-1-4-8-11/h1-10,13,16,19H,(H,17,18). The Balaban J connectivity index is 2.09. The molecule has 2 aromatic carbocycles. The van der Waals surface area contributed by atoms with Gasteiger partial charge in [-0.15, -0.1) is 0 Å². The summed E-state index contributed by atoms with van der Waals surface area (Å²) in [5.41, 5.74) is 5.22. The van der Waals surface area contributed by atoms with Crippen LogP contribution in [0, 0.1) is 0 Å². The van der Waals surface area contributed by atoms with Crippen LogP contribution in [-0.2, 0) is 10.4 Å². The third-order valence-corrected chi connectivity index (χ3v) is 3.44. The summed E-state index contributed by atoms with van der Waals surface area (Å²) in [7, 11) is 0. The maximum atomic E-state index is 12.1. The van der Waals surface area contributed by atoms with Crippen molar-refractivity contribution in [3.8, 4) is 0 Å². The highest BCUT2D eigenvalue weighted by molar-refractivity contribution is 5.89. The van der Waals surface area contributed by atoms with Crippen LogP contribution in [0.1, 0.15) is 17.2 Å². The van der Waals surface area contributed by atoms with Gasteiger partial charge in [-0.3, -0.25) is 10.2 Å². The van der Waals surface area contributed by atoms with Crippen LogP contribution in [0.25, 0.3) is 0 Å². The molecular weight excluding hydrogens is 240 g/mol. The van der Waals surface area contributed by atoms with E-state index in [0.29, 0.717) is 5.56 Å². The van der Waals surface area contributed by atoms with Gasteiger partial charge in [0.1, 0.15) is 0 Å². The lowest BCUT2D eigenvalue weighted by Gasteiger charge is -2.26. The second kappa shape index (κ2) is 4.50. The second-order valence-electron chi connectivity index (χ2n) is 4.57. The van der Waals surface area contributed by atoms with Crippen LogP contribution in [-0.4, -0.2) is 11.0 Å². The SMILES string of the molecule is O=C1NNC(c2ccccc2)C1(O)c1ccccc1. The molecule has 1 aliphatic heterocycles. The summed E-state index contributed by atoms with van der Waals surface area (Å²) in [5, 5.41) is 10.9. The number of rotatable bonds is 2. The van der Waals surface area contributed by atoms with E-state index in [0.717, 1.165) is 5.56 Å². The highest BCUT2D eigenvalue weighted by atomic mass is 16.3. The van der Waals surface area contributed by atoms with Crippen molar-refractivity contribution in [3.05, 3.63) is 71.8 Å². The van der Waals surface area contributed by atoms with Crippen LogP contribution in [0.4, 0.5) is 0 Å². The molecule has 0 radical (unpaired) electrons.